The van der Waals surface area contributed by atoms with Crippen molar-refractivity contribution in [2.75, 3.05) is 5.73 Å². The van der Waals surface area contributed by atoms with Crippen LogP contribution in [0.1, 0.15) is 0 Å². The summed E-state index contributed by atoms with van der Waals surface area (Å²) in [5.41, 5.74) is 9.81. The van der Waals surface area contributed by atoms with Crippen LogP contribution in [0.25, 0.3) is 22.2 Å². The summed E-state index contributed by atoms with van der Waals surface area (Å²) in [6.45, 7) is 0. The standard InChI is InChI=1S/C14H11ClN2/c15-11-3-1-9(2-4-11)14-8-10-7-12(16)5-6-13(10)17-14/h1-8,17H,16H2. The van der Waals surface area contributed by atoms with Crippen molar-refractivity contribution in [1.82, 2.24) is 4.98 Å². The molecule has 1 aromatic heterocycles. The average Bonchev–Trinajstić information content (AvgIpc) is 2.72. The van der Waals surface area contributed by atoms with Gasteiger partial charge in [0.05, 0.1) is 0 Å². The summed E-state index contributed by atoms with van der Waals surface area (Å²) in [5.74, 6) is 0. The molecule has 0 aliphatic heterocycles. The predicted molar refractivity (Wildman–Crippen MR) is 73.2 cm³/mol. The van der Waals surface area contributed by atoms with Gasteiger partial charge in [-0.2, -0.15) is 0 Å². The Balaban J connectivity index is 2.14. The number of rotatable bonds is 1. The van der Waals surface area contributed by atoms with Crippen molar-refractivity contribution < 1.29 is 0 Å². The topological polar surface area (TPSA) is 41.8 Å². The number of nitrogens with one attached hydrogen (secondary N) is 1. The lowest BCUT2D eigenvalue weighted by Crippen LogP contribution is -1.81. The maximum atomic E-state index is 5.87. The molecule has 0 aliphatic carbocycles. The summed E-state index contributed by atoms with van der Waals surface area (Å²) in [4.78, 5) is 3.36. The SMILES string of the molecule is Nc1ccc2[nH]c(-c3ccc(Cl)cc3)cc2c1. The average molecular weight is 243 g/mol. The number of anilines is 1. The summed E-state index contributed by atoms with van der Waals surface area (Å²) in [7, 11) is 0. The largest absolute Gasteiger partial charge is 0.399 e. The minimum atomic E-state index is 0.745. The summed E-state index contributed by atoms with van der Waals surface area (Å²) >= 11 is 5.87. The number of benzene rings is 2. The third kappa shape index (κ3) is 1.87. The van der Waals surface area contributed by atoms with Crippen LogP contribution in [0.4, 0.5) is 5.69 Å². The molecule has 0 atom stereocenters. The molecule has 0 aliphatic rings. The van der Waals surface area contributed by atoms with E-state index in [1.54, 1.807) is 0 Å². The van der Waals surface area contributed by atoms with Crippen molar-refractivity contribution in [3.05, 3.63) is 53.6 Å². The fourth-order valence-corrected chi connectivity index (χ4v) is 2.06. The number of hydrogen-bond donors (Lipinski definition) is 2. The van der Waals surface area contributed by atoms with Crippen LogP contribution < -0.4 is 5.73 Å². The molecule has 0 amide bonds. The fourth-order valence-electron chi connectivity index (χ4n) is 1.94. The lowest BCUT2D eigenvalue weighted by molar-refractivity contribution is 1.45. The molecular formula is C14H11ClN2. The van der Waals surface area contributed by atoms with Crippen LogP contribution in [0, 0.1) is 0 Å². The highest BCUT2D eigenvalue weighted by Crippen LogP contribution is 2.26. The van der Waals surface area contributed by atoms with E-state index in [2.05, 4.69) is 11.1 Å². The lowest BCUT2D eigenvalue weighted by Gasteiger charge is -1.96. The number of nitrogen functional groups attached to an aromatic ring is 1. The minimum absolute atomic E-state index is 0.745. The second kappa shape index (κ2) is 3.82. The molecule has 2 aromatic carbocycles. The molecule has 0 radical (unpaired) electrons. The number of nitrogens with two attached hydrogens (primary N) is 1. The molecule has 84 valence electrons. The lowest BCUT2D eigenvalue weighted by atomic mass is 10.1. The molecule has 17 heavy (non-hydrogen) atoms. The van der Waals surface area contributed by atoms with Gasteiger partial charge in [-0.05, 0) is 42.0 Å². The monoisotopic (exact) mass is 242 g/mol. The first-order valence-corrected chi connectivity index (χ1v) is 5.74. The van der Waals surface area contributed by atoms with Crippen molar-refractivity contribution in [3.8, 4) is 11.3 Å². The van der Waals surface area contributed by atoms with Crippen LogP contribution in [0.3, 0.4) is 0 Å². The predicted octanol–water partition coefficient (Wildman–Crippen LogP) is 4.07. The second-order valence-corrected chi connectivity index (χ2v) is 4.47. The van der Waals surface area contributed by atoms with Gasteiger partial charge in [-0.1, -0.05) is 23.7 Å². The van der Waals surface area contributed by atoms with E-state index in [0.717, 1.165) is 32.9 Å². The Morgan fingerprint density at radius 1 is 0.941 bits per heavy atom. The van der Waals surface area contributed by atoms with Crippen molar-refractivity contribution >= 4 is 28.2 Å². The number of aromatic nitrogens is 1. The summed E-state index contributed by atoms with van der Waals surface area (Å²) in [6.07, 6.45) is 0. The van der Waals surface area contributed by atoms with Gasteiger partial charge in [-0.15, -0.1) is 0 Å². The first-order valence-electron chi connectivity index (χ1n) is 5.36. The van der Waals surface area contributed by atoms with Crippen molar-refractivity contribution in [2.24, 2.45) is 0 Å². The Morgan fingerprint density at radius 2 is 1.71 bits per heavy atom. The van der Waals surface area contributed by atoms with Crippen LogP contribution in [0.5, 0.6) is 0 Å². The first-order chi connectivity index (χ1) is 8.22. The van der Waals surface area contributed by atoms with Crippen LogP contribution in [-0.2, 0) is 0 Å². The Morgan fingerprint density at radius 3 is 2.47 bits per heavy atom. The molecule has 0 unspecified atom stereocenters. The summed E-state index contributed by atoms with van der Waals surface area (Å²) in [5, 5.41) is 1.86. The molecule has 3 N–H and O–H groups in total. The van der Waals surface area contributed by atoms with E-state index < -0.39 is 0 Å². The van der Waals surface area contributed by atoms with Gasteiger partial charge in [0.1, 0.15) is 0 Å². The maximum Gasteiger partial charge on any atom is 0.0464 e. The quantitative estimate of drug-likeness (QED) is 0.621. The zero-order valence-electron chi connectivity index (χ0n) is 9.07. The highest BCUT2D eigenvalue weighted by Gasteiger charge is 2.03. The van der Waals surface area contributed by atoms with E-state index in [4.69, 9.17) is 17.3 Å². The third-order valence-electron chi connectivity index (χ3n) is 2.80. The molecule has 0 bridgehead atoms. The molecule has 0 saturated heterocycles. The van der Waals surface area contributed by atoms with E-state index in [-0.39, 0.29) is 0 Å². The molecule has 3 rings (SSSR count). The van der Waals surface area contributed by atoms with Gasteiger partial charge in [-0.3, -0.25) is 0 Å². The fraction of sp³-hybridized carbons (Fsp3) is 0. The van der Waals surface area contributed by atoms with Crippen LogP contribution in [0.15, 0.2) is 48.5 Å². The normalized spacial score (nSPS) is 10.9. The second-order valence-electron chi connectivity index (χ2n) is 4.04. The summed E-state index contributed by atoms with van der Waals surface area (Å²) < 4.78 is 0. The number of halogens is 1. The Kier molecular flexibility index (Phi) is 2.30. The molecule has 1 heterocycles. The van der Waals surface area contributed by atoms with E-state index in [1.165, 1.54) is 0 Å². The smallest absolute Gasteiger partial charge is 0.0464 e. The van der Waals surface area contributed by atoms with E-state index in [1.807, 2.05) is 42.5 Å². The van der Waals surface area contributed by atoms with Crippen molar-refractivity contribution in [1.29, 1.82) is 0 Å². The van der Waals surface area contributed by atoms with Gasteiger partial charge in [0.15, 0.2) is 0 Å². The Hall–Kier alpha value is -1.93. The molecule has 0 saturated carbocycles. The van der Waals surface area contributed by atoms with Crippen molar-refractivity contribution in [2.45, 2.75) is 0 Å². The van der Waals surface area contributed by atoms with Gasteiger partial charge >= 0.3 is 0 Å². The molecule has 0 spiro atoms. The highest BCUT2D eigenvalue weighted by atomic mass is 35.5. The first kappa shape index (κ1) is 10.2. The number of H-pyrrole nitrogens is 1. The van der Waals surface area contributed by atoms with Gasteiger partial charge < -0.3 is 10.7 Å². The van der Waals surface area contributed by atoms with Crippen LogP contribution >= 0.6 is 11.6 Å². The third-order valence-corrected chi connectivity index (χ3v) is 3.05. The minimum Gasteiger partial charge on any atom is -0.399 e. The van der Waals surface area contributed by atoms with Crippen LogP contribution in [0.2, 0.25) is 5.02 Å². The van der Waals surface area contributed by atoms with Gasteiger partial charge in [-0.25, -0.2) is 0 Å². The van der Waals surface area contributed by atoms with Crippen LogP contribution in [-0.4, -0.2) is 4.98 Å². The van der Waals surface area contributed by atoms with E-state index >= 15 is 0 Å². The number of hydrogen-bond acceptors (Lipinski definition) is 1. The maximum absolute atomic E-state index is 5.87. The van der Waals surface area contributed by atoms with Gasteiger partial charge in [0, 0.05) is 27.3 Å². The van der Waals surface area contributed by atoms with E-state index in [9.17, 15) is 0 Å². The zero-order chi connectivity index (χ0) is 11.8. The zero-order valence-corrected chi connectivity index (χ0v) is 9.83. The Bertz CT molecular complexity index is 668. The summed E-state index contributed by atoms with van der Waals surface area (Å²) in [6, 6.07) is 15.7. The Labute approximate surface area is 104 Å². The van der Waals surface area contributed by atoms with E-state index in [0.29, 0.717) is 0 Å². The van der Waals surface area contributed by atoms with Gasteiger partial charge in [0.25, 0.3) is 0 Å². The molecule has 3 heteroatoms. The van der Waals surface area contributed by atoms with Gasteiger partial charge in [0.2, 0.25) is 0 Å². The number of aromatic amines is 1. The van der Waals surface area contributed by atoms with Crippen molar-refractivity contribution in [3.63, 3.8) is 0 Å². The highest BCUT2D eigenvalue weighted by molar-refractivity contribution is 6.30. The molecule has 2 nitrogen and oxygen atoms in total. The molecule has 0 fully saturated rings. The molecule has 3 aromatic rings. The number of fused-ring (bicyclic) bond motifs is 1. The molecular weight excluding hydrogens is 232 g/mol.